The Morgan fingerprint density at radius 2 is 2.14 bits per heavy atom. The number of nitrogens with one attached hydrogen (secondary N) is 1. The largest absolute Gasteiger partial charge is 0.395 e. The van der Waals surface area contributed by atoms with Crippen LogP contribution in [0.15, 0.2) is 0 Å². The van der Waals surface area contributed by atoms with Crippen molar-refractivity contribution in [3.05, 3.63) is 0 Å². The van der Waals surface area contributed by atoms with Crippen molar-refractivity contribution in [1.29, 1.82) is 0 Å². The fourth-order valence-electron chi connectivity index (χ4n) is 2.73. The summed E-state index contributed by atoms with van der Waals surface area (Å²) in [5.74, 6) is 0. The van der Waals surface area contributed by atoms with E-state index in [1.165, 1.54) is 25.7 Å². The van der Waals surface area contributed by atoms with Gasteiger partial charge in [-0.1, -0.05) is 0 Å². The molecule has 1 aliphatic heterocycles. The molecule has 0 aromatic rings. The van der Waals surface area contributed by atoms with Crippen molar-refractivity contribution in [3.63, 3.8) is 0 Å². The van der Waals surface area contributed by atoms with Gasteiger partial charge in [-0.2, -0.15) is 0 Å². The second-order valence-electron chi connectivity index (χ2n) is 4.82. The Morgan fingerprint density at radius 1 is 1.43 bits per heavy atom. The van der Waals surface area contributed by atoms with Crippen molar-refractivity contribution in [2.75, 3.05) is 19.8 Å². The van der Waals surface area contributed by atoms with Gasteiger partial charge < -0.3 is 15.2 Å². The van der Waals surface area contributed by atoms with Gasteiger partial charge in [-0.3, -0.25) is 0 Å². The minimum Gasteiger partial charge on any atom is -0.395 e. The van der Waals surface area contributed by atoms with Gasteiger partial charge in [-0.25, -0.2) is 0 Å². The first-order valence-electron chi connectivity index (χ1n) is 5.71. The summed E-state index contributed by atoms with van der Waals surface area (Å²) >= 11 is 0. The van der Waals surface area contributed by atoms with Crippen LogP contribution in [0.2, 0.25) is 0 Å². The molecule has 1 heterocycles. The highest BCUT2D eigenvalue weighted by Gasteiger charge is 2.47. The third-order valence-corrected chi connectivity index (χ3v) is 3.92. The van der Waals surface area contributed by atoms with Crippen LogP contribution >= 0.6 is 0 Å². The second-order valence-corrected chi connectivity index (χ2v) is 4.82. The molecule has 2 aliphatic rings. The first kappa shape index (κ1) is 10.4. The fraction of sp³-hybridized carbons (Fsp3) is 1.00. The molecule has 2 atom stereocenters. The summed E-state index contributed by atoms with van der Waals surface area (Å²) in [7, 11) is 0. The van der Waals surface area contributed by atoms with Crippen LogP contribution in [0.5, 0.6) is 0 Å². The Balaban J connectivity index is 1.87. The van der Waals surface area contributed by atoms with E-state index in [9.17, 15) is 0 Å². The highest BCUT2D eigenvalue weighted by atomic mass is 16.5. The Labute approximate surface area is 85.8 Å². The zero-order valence-electron chi connectivity index (χ0n) is 8.96. The lowest BCUT2D eigenvalue weighted by molar-refractivity contribution is -0.0586. The summed E-state index contributed by atoms with van der Waals surface area (Å²) in [5.41, 5.74) is 0.502. The summed E-state index contributed by atoms with van der Waals surface area (Å²) in [6.45, 7) is 4.13. The van der Waals surface area contributed by atoms with Crippen LogP contribution in [-0.4, -0.2) is 37.0 Å². The Kier molecular flexibility index (Phi) is 3.10. The Hall–Kier alpha value is -0.120. The predicted octanol–water partition coefficient (Wildman–Crippen LogP) is 0.916. The fourth-order valence-corrected chi connectivity index (χ4v) is 2.73. The average molecular weight is 199 g/mol. The molecule has 82 valence electrons. The molecular formula is C11H21NO2. The topological polar surface area (TPSA) is 41.5 Å². The van der Waals surface area contributed by atoms with Crippen LogP contribution in [-0.2, 0) is 4.74 Å². The molecule has 1 aliphatic carbocycles. The number of hydrogen-bond donors (Lipinski definition) is 2. The molecule has 2 rings (SSSR count). The molecule has 1 saturated heterocycles. The quantitative estimate of drug-likeness (QED) is 0.710. The van der Waals surface area contributed by atoms with Crippen LogP contribution in [0, 0.1) is 5.41 Å². The molecule has 3 nitrogen and oxygen atoms in total. The van der Waals surface area contributed by atoms with Crippen LogP contribution in [0.25, 0.3) is 0 Å². The van der Waals surface area contributed by atoms with Crippen LogP contribution in [0.3, 0.4) is 0 Å². The third-order valence-electron chi connectivity index (χ3n) is 3.92. The zero-order chi connectivity index (χ0) is 10.0. The second kappa shape index (κ2) is 4.17. The molecule has 0 amide bonds. The molecule has 1 spiro atoms. The molecule has 2 fully saturated rings. The lowest BCUT2D eigenvalue weighted by Crippen LogP contribution is -2.58. The summed E-state index contributed by atoms with van der Waals surface area (Å²) in [6, 6.07) is 0.855. The van der Waals surface area contributed by atoms with Crippen molar-refractivity contribution < 1.29 is 9.84 Å². The van der Waals surface area contributed by atoms with Gasteiger partial charge in [0.2, 0.25) is 0 Å². The zero-order valence-corrected chi connectivity index (χ0v) is 8.96. The molecule has 1 unspecified atom stereocenters. The Bertz CT molecular complexity index is 190. The minimum atomic E-state index is 0.236. The molecule has 0 radical (unpaired) electrons. The van der Waals surface area contributed by atoms with Crippen molar-refractivity contribution in [3.8, 4) is 0 Å². The van der Waals surface area contributed by atoms with Gasteiger partial charge in [-0.15, -0.1) is 0 Å². The van der Waals surface area contributed by atoms with Crippen molar-refractivity contribution in [2.24, 2.45) is 5.41 Å². The van der Waals surface area contributed by atoms with E-state index in [4.69, 9.17) is 9.84 Å². The van der Waals surface area contributed by atoms with Crippen LogP contribution in [0.1, 0.15) is 32.6 Å². The number of ether oxygens (including phenoxy) is 1. The molecule has 0 aromatic carbocycles. The molecular weight excluding hydrogens is 178 g/mol. The van der Waals surface area contributed by atoms with E-state index >= 15 is 0 Å². The molecule has 0 bridgehead atoms. The normalized spacial score (nSPS) is 32.6. The lowest BCUT2D eigenvalue weighted by Gasteiger charge is -2.53. The summed E-state index contributed by atoms with van der Waals surface area (Å²) in [5, 5.41) is 12.5. The monoisotopic (exact) mass is 199 g/mol. The SMILES string of the molecule is C[C@H](CO)NC1CCC12CCOCC2. The standard InChI is InChI=1S/C11H21NO2/c1-9(8-13)12-10-2-3-11(10)4-6-14-7-5-11/h9-10,12-13H,2-8H2,1H3/t9-,10?/m1/s1. The maximum Gasteiger partial charge on any atom is 0.0582 e. The highest BCUT2D eigenvalue weighted by Crippen LogP contribution is 2.48. The van der Waals surface area contributed by atoms with E-state index in [-0.39, 0.29) is 12.6 Å². The van der Waals surface area contributed by atoms with E-state index < -0.39 is 0 Å². The third kappa shape index (κ3) is 1.81. The molecule has 2 N–H and O–H groups in total. The van der Waals surface area contributed by atoms with Gasteiger partial charge in [0.25, 0.3) is 0 Å². The number of aliphatic hydroxyl groups excluding tert-OH is 1. The van der Waals surface area contributed by atoms with Crippen molar-refractivity contribution in [1.82, 2.24) is 5.32 Å². The van der Waals surface area contributed by atoms with Gasteiger partial charge in [0.15, 0.2) is 0 Å². The van der Waals surface area contributed by atoms with Gasteiger partial charge in [0.1, 0.15) is 0 Å². The van der Waals surface area contributed by atoms with E-state index in [1.807, 2.05) is 6.92 Å². The van der Waals surface area contributed by atoms with Gasteiger partial charge in [0, 0.05) is 25.3 Å². The smallest absolute Gasteiger partial charge is 0.0582 e. The van der Waals surface area contributed by atoms with Crippen molar-refractivity contribution >= 4 is 0 Å². The lowest BCUT2D eigenvalue weighted by atomic mass is 9.60. The number of rotatable bonds is 3. The molecule has 14 heavy (non-hydrogen) atoms. The van der Waals surface area contributed by atoms with Crippen LogP contribution in [0.4, 0.5) is 0 Å². The maximum absolute atomic E-state index is 9.00. The molecule has 0 aromatic heterocycles. The summed E-state index contributed by atoms with van der Waals surface area (Å²) in [6.07, 6.45) is 5.00. The number of aliphatic hydroxyl groups is 1. The van der Waals surface area contributed by atoms with E-state index in [0.29, 0.717) is 11.5 Å². The average Bonchev–Trinajstić information content (AvgIpc) is 2.25. The summed E-state index contributed by atoms with van der Waals surface area (Å²) < 4.78 is 5.40. The maximum atomic E-state index is 9.00. The first-order chi connectivity index (χ1) is 6.77. The van der Waals surface area contributed by atoms with Gasteiger partial charge >= 0.3 is 0 Å². The first-order valence-corrected chi connectivity index (χ1v) is 5.71. The number of hydrogen-bond acceptors (Lipinski definition) is 3. The van der Waals surface area contributed by atoms with E-state index in [0.717, 1.165) is 13.2 Å². The van der Waals surface area contributed by atoms with Crippen LogP contribution < -0.4 is 5.32 Å². The molecule has 1 saturated carbocycles. The summed E-state index contributed by atoms with van der Waals surface area (Å²) in [4.78, 5) is 0. The van der Waals surface area contributed by atoms with Gasteiger partial charge in [0.05, 0.1) is 6.61 Å². The van der Waals surface area contributed by atoms with Gasteiger partial charge in [-0.05, 0) is 38.0 Å². The Morgan fingerprint density at radius 3 is 2.64 bits per heavy atom. The van der Waals surface area contributed by atoms with E-state index in [2.05, 4.69) is 5.32 Å². The minimum absolute atomic E-state index is 0.236. The predicted molar refractivity (Wildman–Crippen MR) is 55.2 cm³/mol. The highest BCUT2D eigenvalue weighted by molar-refractivity contribution is 5.01. The van der Waals surface area contributed by atoms with E-state index in [1.54, 1.807) is 0 Å². The van der Waals surface area contributed by atoms with Crippen molar-refractivity contribution in [2.45, 2.75) is 44.7 Å². The molecule has 3 heteroatoms.